The first-order chi connectivity index (χ1) is 9.25. The summed E-state index contributed by atoms with van der Waals surface area (Å²) >= 11 is 6.40. The Morgan fingerprint density at radius 1 is 1.21 bits per heavy atom. The second kappa shape index (κ2) is 4.22. The number of hydrogen-bond donors (Lipinski definition) is 1. The summed E-state index contributed by atoms with van der Waals surface area (Å²) in [4.78, 5) is 4.87. The fraction of sp³-hybridized carbons (Fsp3) is 0.533. The van der Waals surface area contributed by atoms with Crippen LogP contribution >= 0.6 is 11.6 Å². The lowest BCUT2D eigenvalue weighted by atomic mass is 10.0. The Kier molecular flexibility index (Phi) is 2.61. The summed E-state index contributed by atoms with van der Waals surface area (Å²) in [5.41, 5.74) is 8.41. The maximum absolute atomic E-state index is 6.40. The van der Waals surface area contributed by atoms with Crippen LogP contribution in [0.1, 0.15) is 49.9 Å². The molecule has 0 saturated heterocycles. The van der Waals surface area contributed by atoms with E-state index < -0.39 is 0 Å². The molecule has 0 spiro atoms. The Hall–Kier alpha value is -1.06. The molecule has 1 aromatic carbocycles. The van der Waals surface area contributed by atoms with Gasteiger partial charge in [0, 0.05) is 18.0 Å². The summed E-state index contributed by atoms with van der Waals surface area (Å²) in [7, 11) is 0. The number of fused-ring (bicyclic) bond motifs is 1. The van der Waals surface area contributed by atoms with Gasteiger partial charge in [-0.3, -0.25) is 0 Å². The van der Waals surface area contributed by atoms with Crippen molar-refractivity contribution in [3.63, 3.8) is 0 Å². The van der Waals surface area contributed by atoms with Crippen LogP contribution in [0.4, 0.5) is 0 Å². The van der Waals surface area contributed by atoms with E-state index in [1.165, 1.54) is 25.1 Å². The minimum atomic E-state index is 0.257. The number of aromatic nitrogens is 2. The van der Waals surface area contributed by atoms with Crippen LogP contribution in [-0.2, 0) is 0 Å². The molecule has 2 saturated carbocycles. The molecule has 0 radical (unpaired) electrons. The first-order valence-corrected chi connectivity index (χ1v) is 7.55. The molecule has 1 aromatic heterocycles. The molecular formula is C15H18ClN3. The maximum atomic E-state index is 6.40. The van der Waals surface area contributed by atoms with Gasteiger partial charge < -0.3 is 10.3 Å². The van der Waals surface area contributed by atoms with Crippen molar-refractivity contribution in [2.75, 3.05) is 0 Å². The van der Waals surface area contributed by atoms with Crippen molar-refractivity contribution in [3.05, 3.63) is 29.0 Å². The van der Waals surface area contributed by atoms with Gasteiger partial charge in [0.05, 0.1) is 16.1 Å². The average molecular weight is 276 g/mol. The monoisotopic (exact) mass is 275 g/mol. The van der Waals surface area contributed by atoms with Gasteiger partial charge in [-0.25, -0.2) is 4.98 Å². The molecule has 2 N–H and O–H groups in total. The molecule has 0 bridgehead atoms. The van der Waals surface area contributed by atoms with Crippen molar-refractivity contribution < 1.29 is 0 Å². The number of imidazole rings is 1. The second-order valence-corrected chi connectivity index (χ2v) is 6.29. The number of benzene rings is 1. The average Bonchev–Trinajstić information content (AvgIpc) is 3.02. The van der Waals surface area contributed by atoms with Crippen LogP contribution in [0.2, 0.25) is 5.02 Å². The molecule has 3 nitrogen and oxygen atoms in total. The molecular weight excluding hydrogens is 258 g/mol. The van der Waals surface area contributed by atoms with E-state index in [1.54, 1.807) is 0 Å². The van der Waals surface area contributed by atoms with Crippen molar-refractivity contribution in [2.45, 2.75) is 50.1 Å². The van der Waals surface area contributed by atoms with Gasteiger partial charge in [-0.2, -0.15) is 0 Å². The zero-order valence-electron chi connectivity index (χ0n) is 10.8. The highest BCUT2D eigenvalue weighted by Gasteiger charge is 2.35. The topological polar surface area (TPSA) is 43.8 Å². The fourth-order valence-electron chi connectivity index (χ4n) is 3.40. The Labute approximate surface area is 117 Å². The van der Waals surface area contributed by atoms with Crippen molar-refractivity contribution in [1.29, 1.82) is 0 Å². The summed E-state index contributed by atoms with van der Waals surface area (Å²) in [5.74, 6) is 1.58. The highest BCUT2D eigenvalue weighted by atomic mass is 35.5. The quantitative estimate of drug-likeness (QED) is 0.910. The molecule has 19 heavy (non-hydrogen) atoms. The van der Waals surface area contributed by atoms with E-state index in [0.29, 0.717) is 12.0 Å². The van der Waals surface area contributed by atoms with E-state index in [0.717, 1.165) is 28.9 Å². The minimum Gasteiger partial charge on any atom is -0.327 e. The summed E-state index contributed by atoms with van der Waals surface area (Å²) in [6.45, 7) is 0. The van der Waals surface area contributed by atoms with E-state index in [-0.39, 0.29) is 6.04 Å². The highest BCUT2D eigenvalue weighted by molar-refractivity contribution is 6.35. The minimum absolute atomic E-state index is 0.257. The third kappa shape index (κ3) is 1.79. The van der Waals surface area contributed by atoms with Crippen molar-refractivity contribution in [3.8, 4) is 0 Å². The molecule has 2 unspecified atom stereocenters. The summed E-state index contributed by atoms with van der Waals surface area (Å²) in [6, 6.07) is 6.85. The first kappa shape index (κ1) is 11.7. The van der Waals surface area contributed by atoms with E-state index in [1.807, 2.05) is 12.1 Å². The Balaban J connectivity index is 1.94. The smallest absolute Gasteiger partial charge is 0.114 e. The Morgan fingerprint density at radius 3 is 2.74 bits per heavy atom. The van der Waals surface area contributed by atoms with Gasteiger partial charge in [-0.1, -0.05) is 24.1 Å². The van der Waals surface area contributed by atoms with Crippen molar-refractivity contribution in [1.82, 2.24) is 9.55 Å². The largest absolute Gasteiger partial charge is 0.327 e. The molecule has 2 aromatic rings. The summed E-state index contributed by atoms with van der Waals surface area (Å²) in [6.07, 6.45) is 5.98. The molecule has 1 heterocycles. The van der Waals surface area contributed by atoms with E-state index in [2.05, 4.69) is 10.6 Å². The standard InChI is InChI=1S/C15H18ClN3/c16-11-4-2-6-13-14(11)19(9-7-8-9)15(18-13)10-3-1-5-12(10)17/h2,4,6,9-10,12H,1,3,5,7-8,17H2. The number of rotatable bonds is 2. The number of para-hydroxylation sites is 1. The van der Waals surface area contributed by atoms with Gasteiger partial charge in [0.15, 0.2) is 0 Å². The van der Waals surface area contributed by atoms with Crippen LogP contribution in [0.25, 0.3) is 11.0 Å². The van der Waals surface area contributed by atoms with E-state index in [9.17, 15) is 0 Å². The van der Waals surface area contributed by atoms with Gasteiger partial charge in [0.1, 0.15) is 5.82 Å². The predicted octanol–water partition coefficient (Wildman–Crippen LogP) is 3.62. The fourth-order valence-corrected chi connectivity index (χ4v) is 3.66. The van der Waals surface area contributed by atoms with Gasteiger partial charge in [-0.15, -0.1) is 0 Å². The number of nitrogens with two attached hydrogens (primary N) is 1. The van der Waals surface area contributed by atoms with Gasteiger partial charge in [0.25, 0.3) is 0 Å². The first-order valence-electron chi connectivity index (χ1n) is 7.17. The zero-order valence-corrected chi connectivity index (χ0v) is 11.6. The molecule has 2 fully saturated rings. The molecule has 2 atom stereocenters. The van der Waals surface area contributed by atoms with Crippen LogP contribution < -0.4 is 5.73 Å². The molecule has 0 aliphatic heterocycles. The van der Waals surface area contributed by atoms with Crippen LogP contribution in [0.15, 0.2) is 18.2 Å². The lowest BCUT2D eigenvalue weighted by Gasteiger charge is -2.17. The van der Waals surface area contributed by atoms with E-state index >= 15 is 0 Å². The van der Waals surface area contributed by atoms with Crippen LogP contribution in [0.3, 0.4) is 0 Å². The van der Waals surface area contributed by atoms with Crippen molar-refractivity contribution >= 4 is 22.6 Å². The number of halogens is 1. The van der Waals surface area contributed by atoms with Gasteiger partial charge in [-0.05, 0) is 37.8 Å². The lowest BCUT2D eigenvalue weighted by molar-refractivity contribution is 0.546. The molecule has 4 heteroatoms. The maximum Gasteiger partial charge on any atom is 0.114 e. The zero-order chi connectivity index (χ0) is 13.0. The summed E-state index contributed by atoms with van der Waals surface area (Å²) in [5, 5.41) is 0.815. The van der Waals surface area contributed by atoms with Crippen molar-refractivity contribution in [2.24, 2.45) is 5.73 Å². The molecule has 0 amide bonds. The van der Waals surface area contributed by atoms with Gasteiger partial charge in [0.2, 0.25) is 0 Å². The van der Waals surface area contributed by atoms with Crippen LogP contribution in [0.5, 0.6) is 0 Å². The third-order valence-electron chi connectivity index (χ3n) is 4.50. The lowest BCUT2D eigenvalue weighted by Crippen LogP contribution is -2.25. The van der Waals surface area contributed by atoms with Crippen LogP contribution in [0, 0.1) is 0 Å². The normalized spacial score (nSPS) is 27.3. The number of hydrogen-bond acceptors (Lipinski definition) is 2. The molecule has 2 aliphatic carbocycles. The SMILES string of the molecule is NC1CCCC1c1nc2cccc(Cl)c2n1C1CC1. The molecule has 100 valence electrons. The second-order valence-electron chi connectivity index (χ2n) is 5.88. The van der Waals surface area contributed by atoms with E-state index in [4.69, 9.17) is 22.3 Å². The van der Waals surface area contributed by atoms with Gasteiger partial charge >= 0.3 is 0 Å². The Morgan fingerprint density at radius 2 is 2.05 bits per heavy atom. The highest BCUT2D eigenvalue weighted by Crippen LogP contribution is 2.44. The molecule has 2 aliphatic rings. The Bertz CT molecular complexity index is 630. The summed E-state index contributed by atoms with van der Waals surface area (Å²) < 4.78 is 2.38. The molecule has 4 rings (SSSR count). The van der Waals surface area contributed by atoms with Crippen LogP contribution in [-0.4, -0.2) is 15.6 Å². The predicted molar refractivity (Wildman–Crippen MR) is 77.6 cm³/mol. The third-order valence-corrected chi connectivity index (χ3v) is 4.81. The number of nitrogens with zero attached hydrogens (tertiary/aromatic N) is 2.